The number of thiophene rings is 1. The second-order valence-corrected chi connectivity index (χ2v) is 11.9. The van der Waals surface area contributed by atoms with Crippen LogP contribution in [0.5, 0.6) is 0 Å². The highest BCUT2D eigenvalue weighted by molar-refractivity contribution is 7.25. The third-order valence-corrected chi connectivity index (χ3v) is 9.46. The lowest BCUT2D eigenvalue weighted by Crippen LogP contribution is -2.09. The van der Waals surface area contributed by atoms with Crippen molar-refractivity contribution >= 4 is 81.4 Å². The van der Waals surface area contributed by atoms with Gasteiger partial charge in [-0.25, -0.2) is 4.98 Å². The molecular formula is C39H24N2OS. The van der Waals surface area contributed by atoms with Crippen LogP contribution < -0.4 is 4.90 Å². The molecule has 0 fully saturated rings. The molecule has 0 aliphatic carbocycles. The highest BCUT2D eigenvalue weighted by Gasteiger charge is 2.17. The molecule has 0 aliphatic rings. The lowest BCUT2D eigenvalue weighted by Gasteiger charge is -2.26. The van der Waals surface area contributed by atoms with Gasteiger partial charge in [-0.1, -0.05) is 72.8 Å². The van der Waals surface area contributed by atoms with Gasteiger partial charge in [0.25, 0.3) is 0 Å². The molecule has 0 saturated heterocycles. The number of nitrogens with zero attached hydrogens (tertiary/aromatic N) is 2. The summed E-state index contributed by atoms with van der Waals surface area (Å²) >= 11 is 1.84. The van der Waals surface area contributed by atoms with Crippen molar-refractivity contribution in [3.8, 4) is 11.1 Å². The summed E-state index contributed by atoms with van der Waals surface area (Å²) < 4.78 is 8.83. The molecule has 3 aromatic heterocycles. The molecule has 43 heavy (non-hydrogen) atoms. The van der Waals surface area contributed by atoms with Crippen molar-refractivity contribution in [2.45, 2.75) is 0 Å². The van der Waals surface area contributed by atoms with Gasteiger partial charge >= 0.3 is 0 Å². The van der Waals surface area contributed by atoms with E-state index in [9.17, 15) is 0 Å². The van der Waals surface area contributed by atoms with E-state index in [1.54, 1.807) is 6.20 Å². The average Bonchev–Trinajstić information content (AvgIpc) is 3.64. The molecule has 0 spiro atoms. The summed E-state index contributed by atoms with van der Waals surface area (Å²) in [5.41, 5.74) is 7.28. The van der Waals surface area contributed by atoms with E-state index in [-0.39, 0.29) is 0 Å². The van der Waals surface area contributed by atoms with E-state index < -0.39 is 0 Å². The van der Waals surface area contributed by atoms with E-state index in [0.717, 1.165) is 44.2 Å². The summed E-state index contributed by atoms with van der Waals surface area (Å²) in [6.07, 6.45) is 1.78. The van der Waals surface area contributed by atoms with Crippen LogP contribution in [0, 0.1) is 0 Å². The van der Waals surface area contributed by atoms with Gasteiger partial charge in [0.05, 0.1) is 0 Å². The van der Waals surface area contributed by atoms with Crippen LogP contribution in [0.15, 0.2) is 150 Å². The predicted octanol–water partition coefficient (Wildman–Crippen LogP) is 11.6. The summed E-state index contributed by atoms with van der Waals surface area (Å²) in [6.45, 7) is 0. The molecule has 0 saturated carbocycles. The predicted molar refractivity (Wildman–Crippen MR) is 182 cm³/mol. The Balaban J connectivity index is 1.22. The van der Waals surface area contributed by atoms with Crippen molar-refractivity contribution < 1.29 is 4.42 Å². The van der Waals surface area contributed by atoms with Crippen LogP contribution in [-0.2, 0) is 0 Å². The first-order valence-corrected chi connectivity index (χ1v) is 15.2. The Hall–Kier alpha value is -5.45. The third kappa shape index (κ3) is 3.92. The molecule has 4 heteroatoms. The molecule has 0 amide bonds. The number of hydrogen-bond acceptors (Lipinski definition) is 4. The van der Waals surface area contributed by atoms with Gasteiger partial charge in [-0.3, -0.25) is 0 Å². The molecule has 0 atom stereocenters. The highest BCUT2D eigenvalue weighted by atomic mass is 32.1. The lowest BCUT2D eigenvalue weighted by atomic mass is 10.0. The molecule has 0 bridgehead atoms. The molecule has 0 aliphatic heterocycles. The number of fused-ring (bicyclic) bond motifs is 8. The molecule has 3 heterocycles. The molecule has 3 nitrogen and oxygen atoms in total. The van der Waals surface area contributed by atoms with Gasteiger partial charge < -0.3 is 9.32 Å². The van der Waals surface area contributed by atoms with E-state index in [2.05, 4.69) is 143 Å². The molecule has 9 aromatic rings. The number of aromatic nitrogens is 1. The minimum absolute atomic E-state index is 0.672. The van der Waals surface area contributed by atoms with Gasteiger partial charge in [0.15, 0.2) is 0 Å². The van der Waals surface area contributed by atoms with E-state index in [1.807, 2.05) is 17.4 Å². The SMILES string of the molecule is c1ccc(-c2ccc(N(c3ccc4c(ccc5c6cccnc6oc45)c3)c3ccc4c(c3)sc3ccccc34)cc2)cc1. The zero-order valence-electron chi connectivity index (χ0n) is 23.1. The Morgan fingerprint density at radius 3 is 2.05 bits per heavy atom. The molecule has 6 aromatic carbocycles. The third-order valence-electron chi connectivity index (χ3n) is 8.33. The topological polar surface area (TPSA) is 29.3 Å². The fourth-order valence-electron chi connectivity index (χ4n) is 6.26. The number of pyridine rings is 1. The van der Waals surface area contributed by atoms with Crippen LogP contribution in [0.3, 0.4) is 0 Å². The summed E-state index contributed by atoms with van der Waals surface area (Å²) in [5.74, 6) is 0. The van der Waals surface area contributed by atoms with Crippen molar-refractivity contribution in [3.63, 3.8) is 0 Å². The molecule has 0 N–H and O–H groups in total. The van der Waals surface area contributed by atoms with Crippen LogP contribution in [0.25, 0.3) is 64.1 Å². The number of rotatable bonds is 4. The molecular weight excluding hydrogens is 545 g/mol. The Labute approximate surface area is 251 Å². The maximum absolute atomic E-state index is 6.24. The van der Waals surface area contributed by atoms with E-state index in [0.29, 0.717) is 5.71 Å². The van der Waals surface area contributed by atoms with Gasteiger partial charge in [-0.2, -0.15) is 0 Å². The van der Waals surface area contributed by atoms with Crippen molar-refractivity contribution in [2.75, 3.05) is 4.90 Å². The van der Waals surface area contributed by atoms with Gasteiger partial charge in [0, 0.05) is 59.6 Å². The van der Waals surface area contributed by atoms with Gasteiger partial charge in [-0.05, 0) is 83.2 Å². The van der Waals surface area contributed by atoms with Crippen LogP contribution in [0.4, 0.5) is 17.1 Å². The quantitative estimate of drug-likeness (QED) is 0.211. The van der Waals surface area contributed by atoms with Gasteiger partial charge in [0.2, 0.25) is 5.71 Å². The number of benzene rings is 6. The Morgan fingerprint density at radius 1 is 0.488 bits per heavy atom. The summed E-state index contributed by atoms with van der Waals surface area (Å²) in [5, 5.41) is 6.94. The number of anilines is 3. The molecule has 202 valence electrons. The minimum atomic E-state index is 0.672. The second-order valence-electron chi connectivity index (χ2n) is 10.8. The van der Waals surface area contributed by atoms with Crippen LogP contribution >= 0.6 is 11.3 Å². The minimum Gasteiger partial charge on any atom is -0.437 e. The van der Waals surface area contributed by atoms with Crippen molar-refractivity contribution in [2.24, 2.45) is 0 Å². The fourth-order valence-corrected chi connectivity index (χ4v) is 7.40. The maximum Gasteiger partial charge on any atom is 0.227 e. The first-order valence-electron chi connectivity index (χ1n) is 14.4. The summed E-state index contributed by atoms with van der Waals surface area (Å²) in [6, 6.07) is 49.9. The van der Waals surface area contributed by atoms with Crippen LogP contribution in [0.2, 0.25) is 0 Å². The summed E-state index contributed by atoms with van der Waals surface area (Å²) in [7, 11) is 0. The van der Waals surface area contributed by atoms with E-state index >= 15 is 0 Å². The van der Waals surface area contributed by atoms with Crippen LogP contribution in [-0.4, -0.2) is 4.98 Å². The average molecular weight is 569 g/mol. The Morgan fingerprint density at radius 2 is 1.16 bits per heavy atom. The first-order chi connectivity index (χ1) is 21.3. The second kappa shape index (κ2) is 9.55. The van der Waals surface area contributed by atoms with Crippen molar-refractivity contribution in [1.82, 2.24) is 4.98 Å². The molecule has 0 unspecified atom stereocenters. The van der Waals surface area contributed by atoms with Crippen molar-refractivity contribution in [3.05, 3.63) is 146 Å². The zero-order valence-corrected chi connectivity index (χ0v) is 23.9. The van der Waals surface area contributed by atoms with Crippen LogP contribution in [0.1, 0.15) is 0 Å². The lowest BCUT2D eigenvalue weighted by molar-refractivity contribution is 0.657. The molecule has 9 rings (SSSR count). The summed E-state index contributed by atoms with van der Waals surface area (Å²) in [4.78, 5) is 6.80. The number of hydrogen-bond donors (Lipinski definition) is 0. The zero-order chi connectivity index (χ0) is 28.3. The standard InChI is InChI=1S/C39H24N2OS/c1-2-7-25(8-3-1)26-12-15-28(16-13-26)41(30-18-21-33-32-9-4-5-11-36(32)43-37(33)24-30)29-17-20-31-27(23-29)14-19-34-35-10-6-22-40-39(35)42-38(31)34/h1-24H. The molecule has 0 radical (unpaired) electrons. The van der Waals surface area contributed by atoms with Crippen molar-refractivity contribution in [1.29, 1.82) is 0 Å². The highest BCUT2D eigenvalue weighted by Crippen LogP contribution is 2.42. The fraction of sp³-hybridized carbons (Fsp3) is 0. The Kier molecular flexibility index (Phi) is 5.37. The smallest absolute Gasteiger partial charge is 0.227 e. The Bertz CT molecular complexity index is 2460. The van der Waals surface area contributed by atoms with E-state index in [4.69, 9.17) is 4.42 Å². The number of furan rings is 1. The maximum atomic E-state index is 6.24. The van der Waals surface area contributed by atoms with Gasteiger partial charge in [0.1, 0.15) is 5.58 Å². The van der Waals surface area contributed by atoms with E-state index in [1.165, 1.54) is 31.3 Å². The normalized spacial score (nSPS) is 11.7. The monoisotopic (exact) mass is 568 g/mol. The first kappa shape index (κ1) is 24.2. The van der Waals surface area contributed by atoms with Gasteiger partial charge in [-0.15, -0.1) is 11.3 Å². The largest absolute Gasteiger partial charge is 0.437 e.